The Labute approximate surface area is 85.8 Å². The summed E-state index contributed by atoms with van der Waals surface area (Å²) in [5.41, 5.74) is 4.21. The maximum atomic E-state index is 3.98. The molecular formula is C13H17N. The normalized spacial score (nSPS) is 20.2. The number of hydrogen-bond donors (Lipinski definition) is 1. The fourth-order valence-electron chi connectivity index (χ4n) is 2.12. The molecule has 14 heavy (non-hydrogen) atoms. The van der Waals surface area contributed by atoms with Crippen molar-refractivity contribution in [2.75, 3.05) is 6.54 Å². The number of rotatable bonds is 2. The van der Waals surface area contributed by atoms with Gasteiger partial charge >= 0.3 is 0 Å². The van der Waals surface area contributed by atoms with Crippen LogP contribution in [0.2, 0.25) is 0 Å². The molecule has 0 aromatic heterocycles. The largest absolute Gasteiger partial charge is 0.309 e. The average molecular weight is 187 g/mol. The van der Waals surface area contributed by atoms with Gasteiger partial charge in [0.05, 0.1) is 0 Å². The van der Waals surface area contributed by atoms with Crippen molar-refractivity contribution in [3.8, 4) is 0 Å². The second-order valence-electron chi connectivity index (χ2n) is 4.12. The van der Waals surface area contributed by atoms with Crippen LogP contribution in [-0.4, -0.2) is 6.54 Å². The van der Waals surface area contributed by atoms with Crippen molar-refractivity contribution in [2.24, 2.45) is 0 Å². The van der Waals surface area contributed by atoms with E-state index >= 15 is 0 Å². The smallest absolute Gasteiger partial charge is 0.0360 e. The first-order valence-electron chi connectivity index (χ1n) is 5.23. The molecule has 1 nitrogen and oxygen atoms in total. The van der Waals surface area contributed by atoms with E-state index in [1.807, 2.05) is 0 Å². The minimum atomic E-state index is 0.484. The van der Waals surface area contributed by atoms with E-state index in [1.54, 1.807) is 0 Å². The standard InChI is InChI=1S/C13H17N/c1-10(2)9-13-12-6-4-3-5-11(12)7-8-14-13/h3-6,13-14H,1,7-9H2,2H3. The highest BCUT2D eigenvalue weighted by atomic mass is 14.9. The third kappa shape index (κ3) is 1.88. The fourth-order valence-corrected chi connectivity index (χ4v) is 2.12. The summed E-state index contributed by atoms with van der Waals surface area (Å²) in [6.07, 6.45) is 2.21. The second kappa shape index (κ2) is 3.97. The minimum Gasteiger partial charge on any atom is -0.309 e. The Balaban J connectivity index is 2.26. The molecule has 1 aromatic carbocycles. The van der Waals surface area contributed by atoms with Gasteiger partial charge in [-0.25, -0.2) is 0 Å². The van der Waals surface area contributed by atoms with Crippen LogP contribution in [0.1, 0.15) is 30.5 Å². The van der Waals surface area contributed by atoms with Crippen LogP contribution in [0.4, 0.5) is 0 Å². The van der Waals surface area contributed by atoms with Crippen LogP contribution in [-0.2, 0) is 6.42 Å². The van der Waals surface area contributed by atoms with Crippen LogP contribution in [0.25, 0.3) is 0 Å². The van der Waals surface area contributed by atoms with E-state index in [-0.39, 0.29) is 0 Å². The van der Waals surface area contributed by atoms with Gasteiger partial charge in [-0.3, -0.25) is 0 Å². The number of benzene rings is 1. The molecule has 1 heterocycles. The maximum absolute atomic E-state index is 3.98. The first-order valence-corrected chi connectivity index (χ1v) is 5.23. The summed E-state index contributed by atoms with van der Waals surface area (Å²) in [7, 11) is 0. The molecule has 74 valence electrons. The monoisotopic (exact) mass is 187 g/mol. The highest BCUT2D eigenvalue weighted by molar-refractivity contribution is 5.33. The van der Waals surface area contributed by atoms with Gasteiger partial charge in [-0.15, -0.1) is 6.58 Å². The molecule has 0 saturated heterocycles. The van der Waals surface area contributed by atoms with Crippen LogP contribution < -0.4 is 5.32 Å². The molecule has 1 N–H and O–H groups in total. The van der Waals surface area contributed by atoms with Gasteiger partial charge < -0.3 is 5.32 Å². The predicted octanol–water partition coefficient (Wildman–Crippen LogP) is 2.84. The molecule has 1 atom stereocenters. The number of fused-ring (bicyclic) bond motifs is 1. The van der Waals surface area contributed by atoms with Gasteiger partial charge in [0, 0.05) is 6.04 Å². The van der Waals surface area contributed by atoms with Gasteiger partial charge in [-0.05, 0) is 37.4 Å². The zero-order chi connectivity index (χ0) is 9.97. The van der Waals surface area contributed by atoms with E-state index in [4.69, 9.17) is 0 Å². The van der Waals surface area contributed by atoms with Gasteiger partial charge in [0.15, 0.2) is 0 Å². The summed E-state index contributed by atoms with van der Waals surface area (Å²) < 4.78 is 0. The average Bonchev–Trinajstić information content (AvgIpc) is 2.18. The summed E-state index contributed by atoms with van der Waals surface area (Å²) in [6, 6.07) is 9.20. The Hall–Kier alpha value is -1.08. The van der Waals surface area contributed by atoms with E-state index in [9.17, 15) is 0 Å². The van der Waals surface area contributed by atoms with Crippen LogP contribution in [0.15, 0.2) is 36.4 Å². The van der Waals surface area contributed by atoms with Crippen molar-refractivity contribution in [1.82, 2.24) is 5.32 Å². The van der Waals surface area contributed by atoms with Crippen molar-refractivity contribution >= 4 is 0 Å². The Morgan fingerprint density at radius 2 is 2.29 bits per heavy atom. The quantitative estimate of drug-likeness (QED) is 0.702. The molecule has 1 heteroatoms. The van der Waals surface area contributed by atoms with Crippen LogP contribution in [0.3, 0.4) is 0 Å². The highest BCUT2D eigenvalue weighted by Gasteiger charge is 2.18. The van der Waals surface area contributed by atoms with Gasteiger partial charge in [-0.1, -0.05) is 29.8 Å². The molecule has 1 aromatic rings. The molecule has 0 spiro atoms. The Bertz CT molecular complexity index is 341. The Morgan fingerprint density at radius 3 is 3.07 bits per heavy atom. The van der Waals surface area contributed by atoms with Crippen molar-refractivity contribution < 1.29 is 0 Å². The van der Waals surface area contributed by atoms with E-state index in [0.29, 0.717) is 6.04 Å². The highest BCUT2D eigenvalue weighted by Crippen LogP contribution is 2.26. The summed E-state index contributed by atoms with van der Waals surface area (Å²) in [5.74, 6) is 0. The Kier molecular flexibility index (Phi) is 2.69. The van der Waals surface area contributed by atoms with Gasteiger partial charge in [0.1, 0.15) is 0 Å². The lowest BCUT2D eigenvalue weighted by atomic mass is 9.91. The maximum Gasteiger partial charge on any atom is 0.0360 e. The lowest BCUT2D eigenvalue weighted by molar-refractivity contribution is 0.501. The van der Waals surface area contributed by atoms with Gasteiger partial charge in [-0.2, -0.15) is 0 Å². The van der Waals surface area contributed by atoms with Crippen molar-refractivity contribution in [2.45, 2.75) is 25.8 Å². The number of hydrogen-bond acceptors (Lipinski definition) is 1. The third-order valence-corrected chi connectivity index (χ3v) is 2.77. The lowest BCUT2D eigenvalue weighted by Gasteiger charge is -2.27. The van der Waals surface area contributed by atoms with Crippen LogP contribution in [0, 0.1) is 0 Å². The van der Waals surface area contributed by atoms with Gasteiger partial charge in [0.2, 0.25) is 0 Å². The van der Waals surface area contributed by atoms with E-state index < -0.39 is 0 Å². The molecule has 0 aliphatic carbocycles. The predicted molar refractivity (Wildman–Crippen MR) is 60.3 cm³/mol. The van der Waals surface area contributed by atoms with E-state index in [2.05, 4.69) is 43.1 Å². The molecule has 0 saturated carbocycles. The fraction of sp³-hybridized carbons (Fsp3) is 0.385. The summed E-state index contributed by atoms with van der Waals surface area (Å²) in [5, 5.41) is 3.55. The summed E-state index contributed by atoms with van der Waals surface area (Å²) >= 11 is 0. The molecular weight excluding hydrogens is 170 g/mol. The molecule has 0 fully saturated rings. The first-order chi connectivity index (χ1) is 6.77. The summed E-state index contributed by atoms with van der Waals surface area (Å²) in [6.45, 7) is 7.17. The second-order valence-corrected chi connectivity index (χ2v) is 4.12. The van der Waals surface area contributed by atoms with E-state index in [0.717, 1.165) is 19.4 Å². The Morgan fingerprint density at radius 1 is 1.50 bits per heavy atom. The van der Waals surface area contributed by atoms with Gasteiger partial charge in [0.25, 0.3) is 0 Å². The molecule has 1 aliphatic rings. The summed E-state index contributed by atoms with van der Waals surface area (Å²) in [4.78, 5) is 0. The topological polar surface area (TPSA) is 12.0 Å². The van der Waals surface area contributed by atoms with Crippen molar-refractivity contribution in [3.63, 3.8) is 0 Å². The van der Waals surface area contributed by atoms with E-state index in [1.165, 1.54) is 16.7 Å². The minimum absolute atomic E-state index is 0.484. The third-order valence-electron chi connectivity index (χ3n) is 2.77. The van der Waals surface area contributed by atoms with Crippen LogP contribution >= 0.6 is 0 Å². The lowest BCUT2D eigenvalue weighted by Crippen LogP contribution is -2.29. The zero-order valence-electron chi connectivity index (χ0n) is 8.72. The molecule has 0 amide bonds. The first kappa shape index (κ1) is 9.47. The SMILES string of the molecule is C=C(C)CC1NCCc2ccccc21. The molecule has 1 unspecified atom stereocenters. The number of nitrogens with one attached hydrogen (secondary N) is 1. The van der Waals surface area contributed by atoms with Crippen LogP contribution in [0.5, 0.6) is 0 Å². The van der Waals surface area contributed by atoms with Crippen molar-refractivity contribution in [1.29, 1.82) is 0 Å². The zero-order valence-corrected chi connectivity index (χ0v) is 8.72. The molecule has 0 radical (unpaired) electrons. The molecule has 2 rings (SSSR count). The molecule has 0 bridgehead atoms. The molecule has 1 aliphatic heterocycles. The van der Waals surface area contributed by atoms with Crippen molar-refractivity contribution in [3.05, 3.63) is 47.5 Å².